The van der Waals surface area contributed by atoms with Gasteiger partial charge in [-0.05, 0) is 56.6 Å². The fraction of sp³-hybridized carbons (Fsp3) is 0.316. The molecule has 2 aromatic rings. The molecule has 2 rings (SSSR count). The maximum absolute atomic E-state index is 5.49. The minimum atomic E-state index is 0.131. The van der Waals surface area contributed by atoms with Crippen molar-refractivity contribution in [1.82, 2.24) is 10.2 Å². The Bertz CT molecular complexity index is 689. The monoisotopic (exact) mass is 359 g/mol. The van der Waals surface area contributed by atoms with Gasteiger partial charge >= 0.3 is 0 Å². The Morgan fingerprint density at radius 1 is 1.04 bits per heavy atom. The van der Waals surface area contributed by atoms with E-state index in [9.17, 15) is 0 Å². The predicted molar refractivity (Wildman–Crippen MR) is 107 cm³/mol. The van der Waals surface area contributed by atoms with Crippen LogP contribution in [0.15, 0.2) is 48.5 Å². The molecule has 0 aromatic heterocycles. The maximum Gasteiger partial charge on any atom is 0.170 e. The second-order valence-corrected chi connectivity index (χ2v) is 6.19. The van der Waals surface area contributed by atoms with Crippen LogP contribution >= 0.6 is 12.2 Å². The largest absolute Gasteiger partial charge is 0.497 e. The summed E-state index contributed by atoms with van der Waals surface area (Å²) in [6, 6.07) is 15.8. The first-order chi connectivity index (χ1) is 12.0. The molecular formula is C19H25N3O2S. The fourth-order valence-electron chi connectivity index (χ4n) is 2.55. The minimum absolute atomic E-state index is 0.131. The summed E-state index contributed by atoms with van der Waals surface area (Å²) < 4.78 is 10.6. The summed E-state index contributed by atoms with van der Waals surface area (Å²) in [5.74, 6) is 1.69. The van der Waals surface area contributed by atoms with Gasteiger partial charge < -0.3 is 25.0 Å². The number of nitrogens with zero attached hydrogens (tertiary/aromatic N) is 1. The van der Waals surface area contributed by atoms with Gasteiger partial charge in [0.2, 0.25) is 0 Å². The SMILES string of the molecule is COc1ccc(NC(=S)NC[C@@H](c2ccccc2OC)N(C)C)cc1. The lowest BCUT2D eigenvalue weighted by Crippen LogP contribution is -2.36. The number of methoxy groups -OCH3 is 2. The van der Waals surface area contributed by atoms with Gasteiger partial charge in [-0.25, -0.2) is 0 Å². The van der Waals surface area contributed by atoms with Crippen LogP contribution in [0.4, 0.5) is 5.69 Å². The normalized spacial score (nSPS) is 11.7. The third-order valence-corrected chi connectivity index (χ3v) is 4.17. The number of rotatable bonds is 7. The van der Waals surface area contributed by atoms with Crippen molar-refractivity contribution in [3.63, 3.8) is 0 Å². The first-order valence-electron chi connectivity index (χ1n) is 8.03. The average molecular weight is 359 g/mol. The van der Waals surface area contributed by atoms with Crippen molar-refractivity contribution in [2.75, 3.05) is 40.2 Å². The average Bonchev–Trinajstić information content (AvgIpc) is 2.62. The van der Waals surface area contributed by atoms with Gasteiger partial charge in [-0.3, -0.25) is 0 Å². The molecule has 0 heterocycles. The lowest BCUT2D eigenvalue weighted by Gasteiger charge is -2.27. The first kappa shape index (κ1) is 19.0. The third-order valence-electron chi connectivity index (χ3n) is 3.93. The molecule has 0 saturated heterocycles. The van der Waals surface area contributed by atoms with E-state index >= 15 is 0 Å². The molecule has 5 nitrogen and oxygen atoms in total. The van der Waals surface area contributed by atoms with Crippen LogP contribution in [-0.2, 0) is 0 Å². The van der Waals surface area contributed by atoms with Crippen molar-refractivity contribution >= 4 is 23.0 Å². The molecule has 0 aliphatic carbocycles. The molecule has 0 saturated carbocycles. The standard InChI is InChI=1S/C19H25N3O2S/c1-22(2)17(16-7-5-6-8-18(16)24-4)13-20-19(25)21-14-9-11-15(23-3)12-10-14/h5-12,17H,13H2,1-4H3,(H2,20,21,25)/t17-/m0/s1. The summed E-state index contributed by atoms with van der Waals surface area (Å²) in [5.41, 5.74) is 2.03. The van der Waals surface area contributed by atoms with E-state index < -0.39 is 0 Å². The van der Waals surface area contributed by atoms with Crippen molar-refractivity contribution in [1.29, 1.82) is 0 Å². The Labute approximate surface area is 154 Å². The number of thiocarbonyl (C=S) groups is 1. The highest BCUT2D eigenvalue weighted by Crippen LogP contribution is 2.27. The molecule has 0 unspecified atom stereocenters. The Hall–Kier alpha value is -2.31. The van der Waals surface area contributed by atoms with Gasteiger partial charge in [0.25, 0.3) is 0 Å². The van der Waals surface area contributed by atoms with Crippen LogP contribution in [0.25, 0.3) is 0 Å². The topological polar surface area (TPSA) is 45.8 Å². The lowest BCUT2D eigenvalue weighted by atomic mass is 10.0. The van der Waals surface area contributed by atoms with E-state index in [-0.39, 0.29) is 6.04 Å². The fourth-order valence-corrected chi connectivity index (χ4v) is 2.75. The van der Waals surface area contributed by atoms with Gasteiger partial charge in [-0.15, -0.1) is 0 Å². The quantitative estimate of drug-likeness (QED) is 0.740. The van der Waals surface area contributed by atoms with Crippen LogP contribution in [0.1, 0.15) is 11.6 Å². The van der Waals surface area contributed by atoms with Gasteiger partial charge in [0.15, 0.2) is 5.11 Å². The molecule has 0 amide bonds. The van der Waals surface area contributed by atoms with Crippen molar-refractivity contribution < 1.29 is 9.47 Å². The van der Waals surface area contributed by atoms with Crippen molar-refractivity contribution in [2.24, 2.45) is 0 Å². The molecule has 0 spiro atoms. The Morgan fingerprint density at radius 2 is 1.72 bits per heavy atom. The van der Waals surface area contributed by atoms with Crippen LogP contribution in [0.3, 0.4) is 0 Å². The van der Waals surface area contributed by atoms with Crippen molar-refractivity contribution in [3.8, 4) is 11.5 Å². The van der Waals surface area contributed by atoms with E-state index in [0.717, 1.165) is 22.7 Å². The summed E-state index contributed by atoms with van der Waals surface area (Å²) in [4.78, 5) is 2.14. The molecule has 2 N–H and O–H groups in total. The smallest absolute Gasteiger partial charge is 0.170 e. The number of likely N-dealkylation sites (N-methyl/N-ethyl adjacent to an activating group) is 1. The van der Waals surface area contributed by atoms with Gasteiger partial charge in [0.1, 0.15) is 11.5 Å². The number of hydrogen-bond acceptors (Lipinski definition) is 4. The van der Waals surface area contributed by atoms with E-state index in [1.165, 1.54) is 0 Å². The van der Waals surface area contributed by atoms with Gasteiger partial charge in [-0.1, -0.05) is 18.2 Å². The summed E-state index contributed by atoms with van der Waals surface area (Å²) >= 11 is 5.41. The van der Waals surface area contributed by atoms with Crippen molar-refractivity contribution in [2.45, 2.75) is 6.04 Å². The molecule has 0 radical (unpaired) electrons. The van der Waals surface area contributed by atoms with E-state index in [4.69, 9.17) is 21.7 Å². The molecule has 25 heavy (non-hydrogen) atoms. The van der Waals surface area contributed by atoms with E-state index in [0.29, 0.717) is 11.7 Å². The lowest BCUT2D eigenvalue weighted by molar-refractivity contribution is 0.288. The maximum atomic E-state index is 5.49. The van der Waals surface area contributed by atoms with Crippen molar-refractivity contribution in [3.05, 3.63) is 54.1 Å². The van der Waals surface area contributed by atoms with E-state index in [1.54, 1.807) is 14.2 Å². The minimum Gasteiger partial charge on any atom is -0.497 e. The third kappa shape index (κ3) is 5.34. The second-order valence-electron chi connectivity index (χ2n) is 5.78. The number of ether oxygens (including phenoxy) is 2. The molecule has 0 aliphatic heterocycles. The van der Waals surface area contributed by atoms with Gasteiger partial charge in [0, 0.05) is 17.8 Å². The first-order valence-corrected chi connectivity index (χ1v) is 8.44. The molecule has 1 atom stereocenters. The number of anilines is 1. The van der Waals surface area contributed by atoms with Crippen LogP contribution in [-0.4, -0.2) is 44.9 Å². The predicted octanol–water partition coefficient (Wildman–Crippen LogP) is 3.29. The van der Waals surface area contributed by atoms with Crippen LogP contribution in [0, 0.1) is 0 Å². The summed E-state index contributed by atoms with van der Waals surface area (Å²) in [6.45, 7) is 0.662. The molecule has 0 bridgehead atoms. The van der Waals surface area contributed by atoms with Crippen LogP contribution < -0.4 is 20.1 Å². The molecule has 6 heteroatoms. The summed E-state index contributed by atoms with van der Waals surface area (Å²) in [6.07, 6.45) is 0. The highest BCUT2D eigenvalue weighted by molar-refractivity contribution is 7.80. The summed E-state index contributed by atoms with van der Waals surface area (Å²) in [5, 5.41) is 7.04. The van der Waals surface area contributed by atoms with E-state index in [2.05, 4.69) is 21.6 Å². The second kappa shape index (κ2) is 9.25. The molecule has 134 valence electrons. The van der Waals surface area contributed by atoms with Gasteiger partial charge in [-0.2, -0.15) is 0 Å². The zero-order valence-electron chi connectivity index (χ0n) is 15.1. The number of hydrogen-bond donors (Lipinski definition) is 2. The highest BCUT2D eigenvalue weighted by Gasteiger charge is 2.18. The van der Waals surface area contributed by atoms with Crippen LogP contribution in [0.5, 0.6) is 11.5 Å². The number of para-hydroxylation sites is 1. The van der Waals surface area contributed by atoms with Gasteiger partial charge in [0.05, 0.1) is 20.3 Å². The Kier molecular flexibility index (Phi) is 7.03. The number of benzene rings is 2. The zero-order valence-corrected chi connectivity index (χ0v) is 15.9. The molecule has 0 aliphatic rings. The highest BCUT2D eigenvalue weighted by atomic mass is 32.1. The molecular weight excluding hydrogens is 334 g/mol. The Morgan fingerprint density at radius 3 is 2.32 bits per heavy atom. The summed E-state index contributed by atoms with van der Waals surface area (Å²) in [7, 11) is 7.42. The molecule has 2 aromatic carbocycles. The number of nitrogens with one attached hydrogen (secondary N) is 2. The van der Waals surface area contributed by atoms with Crippen LogP contribution in [0.2, 0.25) is 0 Å². The Balaban J connectivity index is 1.99. The molecule has 0 fully saturated rings. The zero-order chi connectivity index (χ0) is 18.2. The van der Waals surface area contributed by atoms with E-state index in [1.807, 2.05) is 56.6 Å².